The third-order valence-electron chi connectivity index (χ3n) is 4.26. The van der Waals surface area contributed by atoms with E-state index in [0.717, 1.165) is 16.9 Å². The molecule has 2 rings (SSSR count). The van der Waals surface area contributed by atoms with Crippen molar-refractivity contribution in [3.8, 4) is 0 Å². The standard InChI is InChI=1S/C16H25BrN2/c1-5-18-11(2)15-10-14(17)8-9-16(15)19(4)12(3)13-6-7-13/h8-13,18H,5-7H2,1-4H3. The van der Waals surface area contributed by atoms with E-state index >= 15 is 0 Å². The van der Waals surface area contributed by atoms with Crippen molar-refractivity contribution in [1.29, 1.82) is 0 Å². The highest BCUT2D eigenvalue weighted by molar-refractivity contribution is 9.10. The highest BCUT2D eigenvalue weighted by Gasteiger charge is 2.31. The molecule has 106 valence electrons. The molecule has 0 radical (unpaired) electrons. The van der Waals surface area contributed by atoms with Gasteiger partial charge in [-0.25, -0.2) is 0 Å². The molecule has 1 aliphatic carbocycles. The van der Waals surface area contributed by atoms with Crippen LogP contribution in [0.3, 0.4) is 0 Å². The lowest BCUT2D eigenvalue weighted by atomic mass is 10.0. The molecule has 1 N–H and O–H groups in total. The summed E-state index contributed by atoms with van der Waals surface area (Å²) in [5.41, 5.74) is 2.74. The van der Waals surface area contributed by atoms with Crippen LogP contribution in [0.25, 0.3) is 0 Å². The fourth-order valence-corrected chi connectivity index (χ4v) is 3.10. The summed E-state index contributed by atoms with van der Waals surface area (Å²) in [6, 6.07) is 7.65. The Balaban J connectivity index is 2.27. The first kappa shape index (κ1) is 14.9. The molecule has 1 fully saturated rings. The second-order valence-electron chi connectivity index (χ2n) is 5.67. The van der Waals surface area contributed by atoms with Gasteiger partial charge in [-0.3, -0.25) is 0 Å². The van der Waals surface area contributed by atoms with Crippen LogP contribution in [0.1, 0.15) is 45.2 Å². The number of nitrogens with one attached hydrogen (secondary N) is 1. The summed E-state index contributed by atoms with van der Waals surface area (Å²) in [5.74, 6) is 0.885. The number of hydrogen-bond donors (Lipinski definition) is 1. The first-order valence-electron chi connectivity index (χ1n) is 7.30. The lowest BCUT2D eigenvalue weighted by Gasteiger charge is -2.31. The van der Waals surface area contributed by atoms with Gasteiger partial charge in [0.15, 0.2) is 0 Å². The lowest BCUT2D eigenvalue weighted by molar-refractivity contribution is 0.579. The largest absolute Gasteiger partial charge is 0.371 e. The zero-order valence-electron chi connectivity index (χ0n) is 12.4. The van der Waals surface area contributed by atoms with Crippen molar-refractivity contribution in [1.82, 2.24) is 5.32 Å². The molecule has 2 nitrogen and oxygen atoms in total. The minimum atomic E-state index is 0.381. The van der Waals surface area contributed by atoms with Gasteiger partial charge >= 0.3 is 0 Å². The molecule has 0 heterocycles. The van der Waals surface area contributed by atoms with E-state index < -0.39 is 0 Å². The maximum atomic E-state index is 3.60. The van der Waals surface area contributed by atoms with Crippen LogP contribution in [0.5, 0.6) is 0 Å². The molecule has 19 heavy (non-hydrogen) atoms. The molecule has 0 amide bonds. The van der Waals surface area contributed by atoms with Gasteiger partial charge in [0.2, 0.25) is 0 Å². The summed E-state index contributed by atoms with van der Waals surface area (Å²) in [4.78, 5) is 2.45. The summed E-state index contributed by atoms with van der Waals surface area (Å²) in [6.45, 7) is 7.74. The minimum absolute atomic E-state index is 0.381. The van der Waals surface area contributed by atoms with Crippen LogP contribution >= 0.6 is 15.9 Å². The maximum absolute atomic E-state index is 3.60. The van der Waals surface area contributed by atoms with Crippen LogP contribution in [-0.2, 0) is 0 Å². The molecule has 1 saturated carbocycles. The van der Waals surface area contributed by atoms with E-state index in [1.165, 1.54) is 24.1 Å². The average Bonchev–Trinajstić information content (AvgIpc) is 3.21. The van der Waals surface area contributed by atoms with E-state index in [-0.39, 0.29) is 0 Å². The third-order valence-corrected chi connectivity index (χ3v) is 4.75. The van der Waals surface area contributed by atoms with Crippen LogP contribution in [0.15, 0.2) is 22.7 Å². The van der Waals surface area contributed by atoms with Crippen LogP contribution in [0, 0.1) is 5.92 Å². The van der Waals surface area contributed by atoms with Crippen molar-refractivity contribution < 1.29 is 0 Å². The van der Waals surface area contributed by atoms with Gasteiger partial charge in [-0.15, -0.1) is 0 Å². The molecular weight excluding hydrogens is 300 g/mol. The molecule has 1 aromatic rings. The number of anilines is 1. The first-order chi connectivity index (χ1) is 9.04. The summed E-state index contributed by atoms with van der Waals surface area (Å²) in [6.07, 6.45) is 2.78. The number of rotatable bonds is 6. The van der Waals surface area contributed by atoms with Gasteiger partial charge in [-0.2, -0.15) is 0 Å². The molecule has 0 spiro atoms. The molecule has 0 aromatic heterocycles. The molecule has 3 heteroatoms. The van der Waals surface area contributed by atoms with Crippen LogP contribution in [0.2, 0.25) is 0 Å². The maximum Gasteiger partial charge on any atom is 0.0415 e. The molecule has 0 bridgehead atoms. The summed E-state index contributed by atoms with van der Waals surface area (Å²) < 4.78 is 1.16. The Morgan fingerprint density at radius 2 is 2.05 bits per heavy atom. The fourth-order valence-electron chi connectivity index (χ4n) is 2.72. The van der Waals surface area contributed by atoms with Crippen molar-refractivity contribution in [3.05, 3.63) is 28.2 Å². The van der Waals surface area contributed by atoms with Crippen LogP contribution in [-0.4, -0.2) is 19.6 Å². The van der Waals surface area contributed by atoms with Gasteiger partial charge < -0.3 is 10.2 Å². The van der Waals surface area contributed by atoms with E-state index in [2.05, 4.69) is 72.2 Å². The zero-order valence-corrected chi connectivity index (χ0v) is 14.0. The van der Waals surface area contributed by atoms with Gasteiger partial charge in [0.25, 0.3) is 0 Å². The Labute approximate surface area is 125 Å². The second-order valence-corrected chi connectivity index (χ2v) is 6.59. The highest BCUT2D eigenvalue weighted by Crippen LogP contribution is 2.38. The van der Waals surface area contributed by atoms with Gasteiger partial charge in [-0.1, -0.05) is 22.9 Å². The summed E-state index contributed by atoms with van der Waals surface area (Å²) in [5, 5.41) is 3.52. The summed E-state index contributed by atoms with van der Waals surface area (Å²) >= 11 is 3.60. The van der Waals surface area contributed by atoms with E-state index in [9.17, 15) is 0 Å². The highest BCUT2D eigenvalue weighted by atomic mass is 79.9. The minimum Gasteiger partial charge on any atom is -0.371 e. The molecule has 0 aliphatic heterocycles. The van der Waals surface area contributed by atoms with E-state index in [1.807, 2.05) is 0 Å². The SMILES string of the molecule is CCNC(C)c1cc(Br)ccc1N(C)C(C)C1CC1. The van der Waals surface area contributed by atoms with E-state index in [0.29, 0.717) is 12.1 Å². The van der Waals surface area contributed by atoms with Gasteiger partial charge in [0, 0.05) is 29.3 Å². The average molecular weight is 325 g/mol. The zero-order chi connectivity index (χ0) is 14.0. The predicted molar refractivity (Wildman–Crippen MR) is 86.8 cm³/mol. The molecule has 2 unspecified atom stereocenters. The topological polar surface area (TPSA) is 15.3 Å². The van der Waals surface area contributed by atoms with Crippen LogP contribution < -0.4 is 10.2 Å². The second kappa shape index (κ2) is 6.27. The lowest BCUT2D eigenvalue weighted by Crippen LogP contribution is -2.32. The number of halogens is 1. The Morgan fingerprint density at radius 1 is 1.37 bits per heavy atom. The number of hydrogen-bond acceptors (Lipinski definition) is 2. The van der Waals surface area contributed by atoms with Gasteiger partial charge in [0.05, 0.1) is 0 Å². The number of benzene rings is 1. The van der Waals surface area contributed by atoms with Crippen molar-refractivity contribution in [2.75, 3.05) is 18.5 Å². The first-order valence-corrected chi connectivity index (χ1v) is 8.09. The van der Waals surface area contributed by atoms with E-state index in [1.54, 1.807) is 0 Å². The fraction of sp³-hybridized carbons (Fsp3) is 0.625. The molecule has 1 aromatic carbocycles. The van der Waals surface area contributed by atoms with Crippen molar-refractivity contribution in [3.63, 3.8) is 0 Å². The Hall–Kier alpha value is -0.540. The number of nitrogens with zero attached hydrogens (tertiary/aromatic N) is 1. The normalized spacial score (nSPS) is 18.2. The smallest absolute Gasteiger partial charge is 0.0415 e. The predicted octanol–water partition coefficient (Wildman–Crippen LogP) is 4.35. The molecule has 0 saturated heterocycles. The molecule has 2 atom stereocenters. The van der Waals surface area contributed by atoms with Gasteiger partial charge in [-0.05, 0) is 62.9 Å². The Bertz CT molecular complexity index is 429. The Morgan fingerprint density at radius 3 is 2.63 bits per heavy atom. The summed E-state index contributed by atoms with van der Waals surface area (Å²) in [7, 11) is 2.23. The van der Waals surface area contributed by atoms with Gasteiger partial charge in [0.1, 0.15) is 0 Å². The van der Waals surface area contributed by atoms with Crippen molar-refractivity contribution >= 4 is 21.6 Å². The van der Waals surface area contributed by atoms with Crippen molar-refractivity contribution in [2.45, 2.75) is 45.7 Å². The quantitative estimate of drug-likeness (QED) is 0.836. The molecule has 1 aliphatic rings. The monoisotopic (exact) mass is 324 g/mol. The Kier molecular flexibility index (Phi) is 4.91. The molecular formula is C16H25BrN2. The third kappa shape index (κ3) is 3.51. The van der Waals surface area contributed by atoms with Crippen molar-refractivity contribution in [2.24, 2.45) is 5.92 Å². The van der Waals surface area contributed by atoms with Crippen LogP contribution in [0.4, 0.5) is 5.69 Å². The van der Waals surface area contributed by atoms with E-state index in [4.69, 9.17) is 0 Å².